The van der Waals surface area contributed by atoms with Gasteiger partial charge in [-0.25, -0.2) is 0 Å². The molecule has 0 amide bonds. The van der Waals surface area contributed by atoms with E-state index < -0.39 is 6.36 Å². The van der Waals surface area contributed by atoms with E-state index in [0.29, 0.717) is 0 Å². The summed E-state index contributed by atoms with van der Waals surface area (Å²) in [6.45, 7) is 0. The predicted octanol–water partition coefficient (Wildman–Crippen LogP) is 4.03. The molecule has 2 atom stereocenters. The average molecular weight is 302 g/mol. The predicted molar refractivity (Wildman–Crippen MR) is 69.8 cm³/mol. The second kappa shape index (κ2) is 6.37. The number of halogens is 3. The van der Waals surface area contributed by atoms with E-state index in [9.17, 15) is 18.0 Å². The van der Waals surface area contributed by atoms with Crippen molar-refractivity contribution in [3.05, 3.63) is 29.8 Å². The number of hydrogen-bond acceptors (Lipinski definition) is 3. The van der Waals surface area contributed by atoms with Gasteiger partial charge < -0.3 is 9.47 Å². The summed E-state index contributed by atoms with van der Waals surface area (Å²) in [7, 11) is 1.36. The summed E-state index contributed by atoms with van der Waals surface area (Å²) < 4.78 is 45.0. The zero-order chi connectivity index (χ0) is 15.5. The maximum absolute atomic E-state index is 12.1. The molecule has 6 heteroatoms. The molecule has 1 saturated carbocycles. The number of carbonyl (C=O) groups is 1. The molecule has 0 heterocycles. The molecule has 0 spiro atoms. The van der Waals surface area contributed by atoms with Crippen molar-refractivity contribution >= 4 is 5.97 Å². The Kier molecular flexibility index (Phi) is 4.75. The number of ether oxygens (including phenoxy) is 2. The molecule has 2 rings (SSSR count). The summed E-state index contributed by atoms with van der Waals surface area (Å²) in [5.41, 5.74) is 0.847. The summed E-state index contributed by atoms with van der Waals surface area (Å²) in [5.74, 6) is -0.740. The fraction of sp³-hybridized carbons (Fsp3) is 0.533. The van der Waals surface area contributed by atoms with E-state index in [1.807, 2.05) is 0 Å². The van der Waals surface area contributed by atoms with Crippen molar-refractivity contribution in [1.82, 2.24) is 0 Å². The van der Waals surface area contributed by atoms with Crippen LogP contribution in [0.5, 0.6) is 5.75 Å². The lowest BCUT2D eigenvalue weighted by atomic mass is 9.75. The second-order valence-corrected chi connectivity index (χ2v) is 5.14. The van der Waals surface area contributed by atoms with Crippen LogP contribution in [0.1, 0.15) is 37.2 Å². The van der Waals surface area contributed by atoms with Crippen molar-refractivity contribution in [3.8, 4) is 5.75 Å². The molecule has 0 radical (unpaired) electrons. The molecule has 1 aromatic rings. The lowest BCUT2D eigenvalue weighted by molar-refractivity contribution is -0.274. The van der Waals surface area contributed by atoms with Crippen LogP contribution in [0, 0.1) is 5.92 Å². The molecule has 116 valence electrons. The van der Waals surface area contributed by atoms with Crippen LogP contribution in [0.2, 0.25) is 0 Å². The highest BCUT2D eigenvalue weighted by molar-refractivity contribution is 5.73. The van der Waals surface area contributed by atoms with E-state index in [1.165, 1.54) is 19.2 Å². The summed E-state index contributed by atoms with van der Waals surface area (Å²) >= 11 is 0. The molecule has 1 aliphatic carbocycles. The number of benzene rings is 1. The molecule has 0 bridgehead atoms. The van der Waals surface area contributed by atoms with E-state index in [4.69, 9.17) is 4.74 Å². The molecule has 1 aromatic carbocycles. The van der Waals surface area contributed by atoms with Gasteiger partial charge in [-0.3, -0.25) is 4.79 Å². The van der Waals surface area contributed by atoms with E-state index >= 15 is 0 Å². The maximum atomic E-state index is 12.1. The highest BCUT2D eigenvalue weighted by atomic mass is 19.4. The quantitative estimate of drug-likeness (QED) is 0.791. The third kappa shape index (κ3) is 4.12. The van der Waals surface area contributed by atoms with Crippen LogP contribution in [-0.4, -0.2) is 19.4 Å². The molecule has 0 saturated heterocycles. The van der Waals surface area contributed by atoms with Gasteiger partial charge in [0.15, 0.2) is 0 Å². The SMILES string of the molecule is COC(=O)[C@@H]1CCCC[C@@H]1c1ccc(OC(F)(F)F)cc1. The first-order chi connectivity index (χ1) is 9.90. The first-order valence-corrected chi connectivity index (χ1v) is 6.84. The largest absolute Gasteiger partial charge is 0.573 e. The maximum Gasteiger partial charge on any atom is 0.573 e. The molecular weight excluding hydrogens is 285 g/mol. The van der Waals surface area contributed by atoms with Gasteiger partial charge in [0.2, 0.25) is 0 Å². The van der Waals surface area contributed by atoms with Crippen molar-refractivity contribution in [3.63, 3.8) is 0 Å². The van der Waals surface area contributed by atoms with Crippen molar-refractivity contribution in [1.29, 1.82) is 0 Å². The topological polar surface area (TPSA) is 35.5 Å². The fourth-order valence-corrected chi connectivity index (χ4v) is 2.88. The Balaban J connectivity index is 2.14. The van der Waals surface area contributed by atoms with Crippen LogP contribution in [0.15, 0.2) is 24.3 Å². The van der Waals surface area contributed by atoms with E-state index in [-0.39, 0.29) is 23.6 Å². The first kappa shape index (κ1) is 15.7. The van der Waals surface area contributed by atoms with E-state index in [1.54, 1.807) is 12.1 Å². The molecule has 1 aliphatic rings. The van der Waals surface area contributed by atoms with Crippen LogP contribution in [0.4, 0.5) is 13.2 Å². The third-order valence-corrected chi connectivity index (χ3v) is 3.81. The number of alkyl halides is 3. The minimum Gasteiger partial charge on any atom is -0.469 e. The van der Waals surface area contributed by atoms with E-state index in [0.717, 1.165) is 31.2 Å². The van der Waals surface area contributed by atoms with Gasteiger partial charge in [-0.1, -0.05) is 25.0 Å². The van der Waals surface area contributed by atoms with Crippen LogP contribution < -0.4 is 4.74 Å². The third-order valence-electron chi connectivity index (χ3n) is 3.81. The average Bonchev–Trinajstić information content (AvgIpc) is 2.45. The van der Waals surface area contributed by atoms with Gasteiger partial charge in [0.1, 0.15) is 5.75 Å². The first-order valence-electron chi connectivity index (χ1n) is 6.84. The van der Waals surface area contributed by atoms with Gasteiger partial charge in [0.05, 0.1) is 13.0 Å². The lowest BCUT2D eigenvalue weighted by Crippen LogP contribution is -2.26. The molecule has 21 heavy (non-hydrogen) atoms. The van der Waals surface area contributed by atoms with E-state index in [2.05, 4.69) is 4.74 Å². The summed E-state index contributed by atoms with van der Waals surface area (Å²) in [4.78, 5) is 11.8. The Morgan fingerprint density at radius 2 is 1.76 bits per heavy atom. The molecule has 3 nitrogen and oxygen atoms in total. The Bertz CT molecular complexity index is 482. The fourth-order valence-electron chi connectivity index (χ4n) is 2.88. The van der Waals surface area contributed by atoms with Crippen LogP contribution in [0.3, 0.4) is 0 Å². The van der Waals surface area contributed by atoms with Gasteiger partial charge >= 0.3 is 12.3 Å². The van der Waals surface area contributed by atoms with Crippen LogP contribution >= 0.6 is 0 Å². The minimum absolute atomic E-state index is 0.00821. The molecule has 0 unspecified atom stereocenters. The second-order valence-electron chi connectivity index (χ2n) is 5.14. The Morgan fingerprint density at radius 1 is 1.14 bits per heavy atom. The van der Waals surface area contributed by atoms with Crippen molar-refractivity contribution < 1.29 is 27.4 Å². The number of rotatable bonds is 3. The van der Waals surface area contributed by atoms with Crippen molar-refractivity contribution in [2.45, 2.75) is 38.0 Å². The molecule has 1 fully saturated rings. The summed E-state index contributed by atoms with van der Waals surface area (Å²) in [6, 6.07) is 5.75. The highest BCUT2D eigenvalue weighted by Crippen LogP contribution is 2.39. The monoisotopic (exact) mass is 302 g/mol. The Morgan fingerprint density at radius 3 is 2.33 bits per heavy atom. The summed E-state index contributed by atoms with van der Waals surface area (Å²) in [5, 5.41) is 0. The normalized spacial score (nSPS) is 22.7. The Hall–Kier alpha value is -1.72. The van der Waals surface area contributed by atoms with Gasteiger partial charge in [-0.15, -0.1) is 13.2 Å². The number of carbonyl (C=O) groups excluding carboxylic acids is 1. The zero-order valence-electron chi connectivity index (χ0n) is 11.7. The van der Waals surface area contributed by atoms with Crippen LogP contribution in [0.25, 0.3) is 0 Å². The molecule has 0 aromatic heterocycles. The Labute approximate surface area is 121 Å². The lowest BCUT2D eigenvalue weighted by Gasteiger charge is -2.30. The smallest absolute Gasteiger partial charge is 0.469 e. The number of esters is 1. The van der Waals surface area contributed by atoms with Gasteiger partial charge in [-0.2, -0.15) is 0 Å². The highest BCUT2D eigenvalue weighted by Gasteiger charge is 2.33. The van der Waals surface area contributed by atoms with Crippen molar-refractivity contribution in [2.75, 3.05) is 7.11 Å². The minimum atomic E-state index is -4.69. The zero-order valence-corrected chi connectivity index (χ0v) is 11.7. The van der Waals surface area contributed by atoms with Gasteiger partial charge in [-0.05, 0) is 36.5 Å². The number of methoxy groups -OCH3 is 1. The van der Waals surface area contributed by atoms with Crippen LogP contribution in [-0.2, 0) is 9.53 Å². The van der Waals surface area contributed by atoms with Crippen molar-refractivity contribution in [2.24, 2.45) is 5.92 Å². The van der Waals surface area contributed by atoms with Gasteiger partial charge in [0, 0.05) is 0 Å². The number of hydrogen-bond donors (Lipinski definition) is 0. The molecule has 0 aliphatic heterocycles. The van der Waals surface area contributed by atoms with Gasteiger partial charge in [0.25, 0.3) is 0 Å². The molecular formula is C15H17F3O3. The standard InChI is InChI=1S/C15H17F3O3/c1-20-14(19)13-5-3-2-4-12(13)10-6-8-11(9-7-10)21-15(16,17)18/h6-9,12-13H,2-5H2,1H3/t12-,13-/m1/s1. The molecule has 0 N–H and O–H groups in total. The summed E-state index contributed by atoms with van der Waals surface area (Å²) in [6.07, 6.45) is -1.15.